The first kappa shape index (κ1) is 19.4. The molecule has 29 heavy (non-hydrogen) atoms. The van der Waals surface area contributed by atoms with Crippen LogP contribution >= 0.6 is 0 Å². The maximum Gasteiger partial charge on any atom is 0.290 e. The zero-order valence-corrected chi connectivity index (χ0v) is 17.4. The number of hydrogen-bond acceptors (Lipinski definition) is 4. The molecule has 0 fully saturated rings. The number of carbonyl (C=O) groups is 1. The topological polar surface area (TPSA) is 53.8 Å². The average molecular weight is 390 g/mol. The van der Waals surface area contributed by atoms with Crippen LogP contribution in [0.15, 0.2) is 51.7 Å². The first-order valence-electron chi connectivity index (χ1n) is 9.96. The summed E-state index contributed by atoms with van der Waals surface area (Å²) in [5.41, 5.74) is 3.88. The average Bonchev–Trinajstić information content (AvgIpc) is 2.95. The lowest BCUT2D eigenvalue weighted by atomic mass is 9.97. The van der Waals surface area contributed by atoms with Crippen LogP contribution in [-0.4, -0.2) is 42.9 Å². The molecule has 2 heterocycles. The normalized spacial score (nSPS) is 16.1. The van der Waals surface area contributed by atoms with E-state index in [2.05, 4.69) is 4.90 Å². The molecule has 3 aromatic rings. The second-order valence-electron chi connectivity index (χ2n) is 8.14. The van der Waals surface area contributed by atoms with Crippen molar-refractivity contribution in [1.82, 2.24) is 9.80 Å². The smallest absolute Gasteiger partial charge is 0.290 e. The van der Waals surface area contributed by atoms with Crippen LogP contribution < -0.4 is 5.43 Å². The Morgan fingerprint density at radius 3 is 2.38 bits per heavy atom. The van der Waals surface area contributed by atoms with Crippen LogP contribution in [0.3, 0.4) is 0 Å². The van der Waals surface area contributed by atoms with Gasteiger partial charge in [-0.15, -0.1) is 0 Å². The van der Waals surface area contributed by atoms with E-state index < -0.39 is 6.04 Å². The SMILES string of the molecule is Cc1ccc(C2c3c(oc4ccc(C)cc4c3=O)C(=O)N2CCCN(C)C)cc1. The maximum atomic E-state index is 13.4. The van der Waals surface area contributed by atoms with Gasteiger partial charge in [-0.05, 0) is 58.6 Å². The van der Waals surface area contributed by atoms with Gasteiger partial charge < -0.3 is 14.2 Å². The van der Waals surface area contributed by atoms with Gasteiger partial charge in [0.25, 0.3) is 5.91 Å². The van der Waals surface area contributed by atoms with E-state index >= 15 is 0 Å². The molecule has 1 amide bonds. The summed E-state index contributed by atoms with van der Waals surface area (Å²) in [5.74, 6) is -0.0225. The lowest BCUT2D eigenvalue weighted by Crippen LogP contribution is -2.32. The molecule has 1 aromatic heterocycles. The van der Waals surface area contributed by atoms with Crippen molar-refractivity contribution >= 4 is 16.9 Å². The van der Waals surface area contributed by atoms with Crippen molar-refractivity contribution in [2.24, 2.45) is 0 Å². The molecular formula is C24H26N2O3. The van der Waals surface area contributed by atoms with E-state index in [0.717, 1.165) is 29.7 Å². The van der Waals surface area contributed by atoms with E-state index in [1.54, 1.807) is 11.0 Å². The highest BCUT2D eigenvalue weighted by molar-refractivity contribution is 5.99. The Balaban J connectivity index is 1.88. The fourth-order valence-corrected chi connectivity index (χ4v) is 4.02. The Bertz CT molecular complexity index is 1130. The highest BCUT2D eigenvalue weighted by atomic mass is 16.3. The molecule has 4 rings (SSSR count). The van der Waals surface area contributed by atoms with Crippen LogP contribution in [0, 0.1) is 13.8 Å². The molecule has 2 aromatic carbocycles. The summed E-state index contributed by atoms with van der Waals surface area (Å²) >= 11 is 0. The van der Waals surface area contributed by atoms with Crippen molar-refractivity contribution < 1.29 is 9.21 Å². The Labute approximate surface area is 170 Å². The predicted octanol–water partition coefficient (Wildman–Crippen LogP) is 3.91. The van der Waals surface area contributed by atoms with Crippen LogP contribution in [0.5, 0.6) is 0 Å². The summed E-state index contributed by atoms with van der Waals surface area (Å²) in [6.07, 6.45) is 0.821. The number of nitrogens with zero attached hydrogens (tertiary/aromatic N) is 2. The number of amides is 1. The summed E-state index contributed by atoms with van der Waals surface area (Å²) in [4.78, 5) is 30.6. The third kappa shape index (κ3) is 3.47. The summed E-state index contributed by atoms with van der Waals surface area (Å²) in [5, 5.41) is 0.531. The van der Waals surface area contributed by atoms with Gasteiger partial charge in [-0.25, -0.2) is 0 Å². The monoisotopic (exact) mass is 390 g/mol. The minimum atomic E-state index is -0.415. The molecule has 0 saturated heterocycles. The minimum absolute atomic E-state index is 0.112. The van der Waals surface area contributed by atoms with Gasteiger partial charge in [0.2, 0.25) is 5.76 Å². The summed E-state index contributed by atoms with van der Waals surface area (Å²) in [6, 6.07) is 13.1. The number of fused-ring (bicyclic) bond motifs is 2. The van der Waals surface area contributed by atoms with Gasteiger partial charge in [0.1, 0.15) is 5.58 Å². The second kappa shape index (κ2) is 7.48. The van der Waals surface area contributed by atoms with E-state index in [4.69, 9.17) is 4.42 Å². The largest absolute Gasteiger partial charge is 0.450 e. The molecule has 1 unspecified atom stereocenters. The first-order valence-corrected chi connectivity index (χ1v) is 9.96. The zero-order chi connectivity index (χ0) is 20.7. The molecule has 0 saturated carbocycles. The Hall–Kier alpha value is -2.92. The van der Waals surface area contributed by atoms with Crippen LogP contribution in [0.25, 0.3) is 11.0 Å². The van der Waals surface area contributed by atoms with E-state index in [1.807, 2.05) is 64.3 Å². The first-order chi connectivity index (χ1) is 13.9. The quantitative estimate of drug-likeness (QED) is 0.663. The summed E-state index contributed by atoms with van der Waals surface area (Å²) in [7, 11) is 4.02. The van der Waals surface area contributed by atoms with Crippen molar-refractivity contribution in [2.45, 2.75) is 26.3 Å². The molecule has 150 valence electrons. The zero-order valence-electron chi connectivity index (χ0n) is 17.4. The van der Waals surface area contributed by atoms with E-state index in [-0.39, 0.29) is 17.1 Å². The molecule has 5 heteroatoms. The van der Waals surface area contributed by atoms with Gasteiger partial charge in [0, 0.05) is 6.54 Å². The molecule has 0 spiro atoms. The minimum Gasteiger partial charge on any atom is -0.450 e. The predicted molar refractivity (Wildman–Crippen MR) is 114 cm³/mol. The second-order valence-corrected chi connectivity index (χ2v) is 8.14. The molecule has 0 radical (unpaired) electrons. The molecule has 0 aliphatic carbocycles. The highest BCUT2D eigenvalue weighted by Gasteiger charge is 2.42. The molecule has 1 aliphatic heterocycles. The van der Waals surface area contributed by atoms with Gasteiger partial charge in [-0.3, -0.25) is 9.59 Å². The van der Waals surface area contributed by atoms with Crippen molar-refractivity contribution in [3.63, 3.8) is 0 Å². The van der Waals surface area contributed by atoms with E-state index in [0.29, 0.717) is 23.1 Å². The fourth-order valence-electron chi connectivity index (χ4n) is 4.02. The summed E-state index contributed by atoms with van der Waals surface area (Å²) < 4.78 is 5.98. The van der Waals surface area contributed by atoms with E-state index in [1.165, 1.54) is 0 Å². The number of benzene rings is 2. The molecule has 1 aliphatic rings. The Kier molecular flexibility index (Phi) is 5.01. The van der Waals surface area contributed by atoms with Crippen molar-refractivity contribution in [2.75, 3.05) is 27.2 Å². The standard InChI is InChI=1S/C24H26N2O3/c1-15-6-9-17(10-7-15)21-20-22(27)18-14-16(2)8-11-19(18)29-23(20)24(28)26(21)13-5-12-25(3)4/h6-11,14,21H,5,12-13H2,1-4H3. The van der Waals surface area contributed by atoms with Crippen LogP contribution in [0.2, 0.25) is 0 Å². The Morgan fingerprint density at radius 1 is 1.00 bits per heavy atom. The van der Waals surface area contributed by atoms with Gasteiger partial charge in [0.15, 0.2) is 5.43 Å². The van der Waals surface area contributed by atoms with Crippen molar-refractivity contribution in [3.05, 3.63) is 80.7 Å². The number of carbonyl (C=O) groups excluding carboxylic acids is 1. The summed E-state index contributed by atoms with van der Waals surface area (Å²) in [6.45, 7) is 5.40. The van der Waals surface area contributed by atoms with Gasteiger partial charge in [-0.2, -0.15) is 0 Å². The maximum absolute atomic E-state index is 13.4. The van der Waals surface area contributed by atoms with Crippen LogP contribution in [0.1, 0.15) is 45.3 Å². The molecule has 0 bridgehead atoms. The van der Waals surface area contributed by atoms with Crippen molar-refractivity contribution in [3.8, 4) is 0 Å². The Morgan fingerprint density at radius 2 is 1.69 bits per heavy atom. The highest BCUT2D eigenvalue weighted by Crippen LogP contribution is 2.38. The fraction of sp³-hybridized carbons (Fsp3) is 0.333. The van der Waals surface area contributed by atoms with Crippen molar-refractivity contribution in [1.29, 1.82) is 0 Å². The van der Waals surface area contributed by atoms with E-state index in [9.17, 15) is 9.59 Å². The number of rotatable bonds is 5. The molecule has 5 nitrogen and oxygen atoms in total. The van der Waals surface area contributed by atoms with Crippen LogP contribution in [-0.2, 0) is 0 Å². The molecule has 0 N–H and O–H groups in total. The number of hydrogen-bond donors (Lipinski definition) is 0. The molecular weight excluding hydrogens is 364 g/mol. The lowest BCUT2D eigenvalue weighted by molar-refractivity contribution is 0.0722. The number of aryl methyl sites for hydroxylation is 2. The van der Waals surface area contributed by atoms with Gasteiger partial charge >= 0.3 is 0 Å². The van der Waals surface area contributed by atoms with Gasteiger partial charge in [-0.1, -0.05) is 41.5 Å². The molecule has 1 atom stereocenters. The third-order valence-electron chi connectivity index (χ3n) is 5.52. The third-order valence-corrected chi connectivity index (χ3v) is 5.52. The lowest BCUT2D eigenvalue weighted by Gasteiger charge is -2.25. The van der Waals surface area contributed by atoms with Crippen LogP contribution in [0.4, 0.5) is 0 Å². The van der Waals surface area contributed by atoms with Gasteiger partial charge in [0.05, 0.1) is 17.0 Å².